The summed E-state index contributed by atoms with van der Waals surface area (Å²) in [7, 11) is 0. The zero-order chi connectivity index (χ0) is 11.6. The van der Waals surface area contributed by atoms with Gasteiger partial charge in [-0.05, 0) is 11.6 Å². The van der Waals surface area contributed by atoms with E-state index in [1.54, 1.807) is 0 Å². The van der Waals surface area contributed by atoms with Crippen LogP contribution in [0.5, 0.6) is 0 Å². The summed E-state index contributed by atoms with van der Waals surface area (Å²) < 4.78 is 36.9. The van der Waals surface area contributed by atoms with Crippen molar-refractivity contribution in [3.8, 4) is 0 Å². The molecule has 0 unspecified atom stereocenters. The minimum Gasteiger partial charge on any atom is -0.366 e. The second-order valence-electron chi connectivity index (χ2n) is 2.97. The fourth-order valence-electron chi connectivity index (χ4n) is 1.17. The number of primary amides is 1. The lowest BCUT2D eigenvalue weighted by atomic mass is 10.0. The van der Waals surface area contributed by atoms with Crippen molar-refractivity contribution in [2.75, 3.05) is 0 Å². The number of halogens is 3. The number of rotatable bonds is 2. The number of nitrogens with two attached hydrogens (primary N) is 2. The van der Waals surface area contributed by atoms with Crippen LogP contribution in [0.1, 0.15) is 22.0 Å². The zero-order valence-corrected chi connectivity index (χ0v) is 7.58. The molecule has 0 aromatic heterocycles. The van der Waals surface area contributed by atoms with Crippen LogP contribution < -0.4 is 11.5 Å². The van der Waals surface area contributed by atoms with Crippen molar-refractivity contribution in [2.24, 2.45) is 11.5 Å². The standard InChI is InChI=1S/C9H9F3N2O/c10-9(11,12)7(13)5-3-1-2-4-6(5)8(14)15/h1-4,7H,13H2,(H2,14,15)/t7-/m0/s1. The number of amides is 1. The predicted molar refractivity (Wildman–Crippen MR) is 47.9 cm³/mol. The van der Waals surface area contributed by atoms with Crippen molar-refractivity contribution in [3.05, 3.63) is 35.4 Å². The van der Waals surface area contributed by atoms with Gasteiger partial charge >= 0.3 is 6.18 Å². The van der Waals surface area contributed by atoms with E-state index in [2.05, 4.69) is 0 Å². The molecule has 0 aliphatic carbocycles. The van der Waals surface area contributed by atoms with Gasteiger partial charge in [0.15, 0.2) is 0 Å². The molecule has 4 N–H and O–H groups in total. The number of hydrogen-bond acceptors (Lipinski definition) is 2. The summed E-state index contributed by atoms with van der Waals surface area (Å²) in [6.07, 6.45) is -4.59. The molecule has 0 radical (unpaired) electrons. The van der Waals surface area contributed by atoms with E-state index in [1.807, 2.05) is 0 Å². The van der Waals surface area contributed by atoms with Crippen LogP contribution in [0.15, 0.2) is 24.3 Å². The summed E-state index contributed by atoms with van der Waals surface area (Å²) >= 11 is 0. The van der Waals surface area contributed by atoms with Gasteiger partial charge < -0.3 is 11.5 Å². The first-order valence-corrected chi connectivity index (χ1v) is 4.05. The summed E-state index contributed by atoms with van der Waals surface area (Å²) in [5.41, 5.74) is 9.40. The average molecular weight is 218 g/mol. The molecule has 15 heavy (non-hydrogen) atoms. The molecule has 0 aliphatic heterocycles. The monoisotopic (exact) mass is 218 g/mol. The zero-order valence-electron chi connectivity index (χ0n) is 7.58. The van der Waals surface area contributed by atoms with Gasteiger partial charge in [0.2, 0.25) is 5.91 Å². The second kappa shape index (κ2) is 3.90. The highest BCUT2D eigenvalue weighted by atomic mass is 19.4. The highest BCUT2D eigenvalue weighted by molar-refractivity contribution is 5.94. The SMILES string of the molecule is NC(=O)c1ccccc1[C@H](N)C(F)(F)F. The van der Waals surface area contributed by atoms with E-state index in [1.165, 1.54) is 18.2 Å². The summed E-state index contributed by atoms with van der Waals surface area (Å²) in [6, 6.07) is 2.95. The number of hydrogen-bond donors (Lipinski definition) is 2. The lowest BCUT2D eigenvalue weighted by Gasteiger charge is -2.17. The first-order valence-electron chi connectivity index (χ1n) is 4.05. The van der Waals surface area contributed by atoms with Gasteiger partial charge in [-0.15, -0.1) is 0 Å². The minimum atomic E-state index is -4.59. The van der Waals surface area contributed by atoms with Crippen LogP contribution in [0.4, 0.5) is 13.2 Å². The van der Waals surface area contributed by atoms with Crippen LogP contribution >= 0.6 is 0 Å². The van der Waals surface area contributed by atoms with Crippen molar-refractivity contribution >= 4 is 5.91 Å². The molecule has 0 spiro atoms. The Hall–Kier alpha value is -1.56. The summed E-state index contributed by atoms with van der Waals surface area (Å²) in [6.45, 7) is 0. The topological polar surface area (TPSA) is 69.1 Å². The Balaban J connectivity index is 3.19. The van der Waals surface area contributed by atoms with E-state index in [0.717, 1.165) is 6.07 Å². The fourth-order valence-corrected chi connectivity index (χ4v) is 1.17. The van der Waals surface area contributed by atoms with E-state index in [4.69, 9.17) is 11.5 Å². The van der Waals surface area contributed by atoms with Crippen molar-refractivity contribution < 1.29 is 18.0 Å². The molecule has 0 heterocycles. The van der Waals surface area contributed by atoms with Crippen molar-refractivity contribution in [3.63, 3.8) is 0 Å². The highest BCUT2D eigenvalue weighted by Crippen LogP contribution is 2.31. The van der Waals surface area contributed by atoms with Crippen LogP contribution in [-0.4, -0.2) is 12.1 Å². The summed E-state index contributed by atoms with van der Waals surface area (Å²) in [4.78, 5) is 10.9. The van der Waals surface area contributed by atoms with Gasteiger partial charge in [-0.25, -0.2) is 0 Å². The molecule has 0 saturated carbocycles. The van der Waals surface area contributed by atoms with E-state index >= 15 is 0 Å². The summed E-state index contributed by atoms with van der Waals surface area (Å²) in [5, 5.41) is 0. The second-order valence-corrected chi connectivity index (χ2v) is 2.97. The Morgan fingerprint density at radius 1 is 1.27 bits per heavy atom. The normalized spacial score (nSPS) is 13.6. The van der Waals surface area contributed by atoms with E-state index in [0.29, 0.717) is 0 Å². The minimum absolute atomic E-state index is 0.206. The molecule has 0 fully saturated rings. The van der Waals surface area contributed by atoms with Crippen molar-refractivity contribution in [1.29, 1.82) is 0 Å². The smallest absolute Gasteiger partial charge is 0.366 e. The largest absolute Gasteiger partial charge is 0.407 e. The molecule has 1 rings (SSSR count). The number of carbonyl (C=O) groups is 1. The predicted octanol–water partition coefficient (Wildman–Crippen LogP) is 1.35. The van der Waals surface area contributed by atoms with E-state index in [-0.39, 0.29) is 11.1 Å². The fraction of sp³-hybridized carbons (Fsp3) is 0.222. The highest BCUT2D eigenvalue weighted by Gasteiger charge is 2.39. The summed E-state index contributed by atoms with van der Waals surface area (Å²) in [5.74, 6) is -0.926. The third-order valence-corrected chi connectivity index (χ3v) is 1.91. The first kappa shape index (κ1) is 11.5. The van der Waals surface area contributed by atoms with Gasteiger partial charge in [0.1, 0.15) is 6.04 Å². The van der Waals surface area contributed by atoms with Crippen LogP contribution in [0.25, 0.3) is 0 Å². The number of carbonyl (C=O) groups excluding carboxylic acids is 1. The van der Waals surface area contributed by atoms with Crippen LogP contribution in [0, 0.1) is 0 Å². The van der Waals surface area contributed by atoms with Gasteiger partial charge in [-0.2, -0.15) is 13.2 Å². The molecule has 82 valence electrons. The third kappa shape index (κ3) is 2.47. The maximum atomic E-state index is 12.3. The van der Waals surface area contributed by atoms with E-state index < -0.39 is 18.1 Å². The lowest BCUT2D eigenvalue weighted by Crippen LogP contribution is -2.30. The molecule has 1 aromatic rings. The van der Waals surface area contributed by atoms with Crippen molar-refractivity contribution in [2.45, 2.75) is 12.2 Å². The molecule has 0 bridgehead atoms. The van der Waals surface area contributed by atoms with Gasteiger partial charge in [-0.1, -0.05) is 18.2 Å². The quantitative estimate of drug-likeness (QED) is 0.786. The van der Waals surface area contributed by atoms with Gasteiger partial charge in [0.05, 0.1) is 0 Å². The number of benzene rings is 1. The van der Waals surface area contributed by atoms with Crippen LogP contribution in [0.2, 0.25) is 0 Å². The molecule has 6 heteroatoms. The molecule has 1 aromatic carbocycles. The molecule has 0 saturated heterocycles. The van der Waals surface area contributed by atoms with Crippen LogP contribution in [0.3, 0.4) is 0 Å². The molecular weight excluding hydrogens is 209 g/mol. The molecule has 0 aliphatic rings. The van der Waals surface area contributed by atoms with Gasteiger partial charge in [0, 0.05) is 5.56 Å². The van der Waals surface area contributed by atoms with Gasteiger partial charge in [0.25, 0.3) is 0 Å². The third-order valence-electron chi connectivity index (χ3n) is 1.91. The Bertz CT molecular complexity index is 376. The maximum Gasteiger partial charge on any atom is 0.407 e. The maximum absolute atomic E-state index is 12.3. The Morgan fingerprint density at radius 2 is 1.80 bits per heavy atom. The Kier molecular flexibility index (Phi) is 2.99. The van der Waals surface area contributed by atoms with Crippen molar-refractivity contribution in [1.82, 2.24) is 0 Å². The molecular formula is C9H9F3N2O. The number of alkyl halides is 3. The van der Waals surface area contributed by atoms with Crippen LogP contribution in [-0.2, 0) is 0 Å². The first-order chi connectivity index (χ1) is 6.84. The Labute approximate surface area is 83.9 Å². The molecule has 3 nitrogen and oxygen atoms in total. The lowest BCUT2D eigenvalue weighted by molar-refractivity contribution is -0.149. The molecule has 1 amide bonds. The average Bonchev–Trinajstić information content (AvgIpc) is 2.15. The van der Waals surface area contributed by atoms with Gasteiger partial charge in [-0.3, -0.25) is 4.79 Å². The molecule has 1 atom stereocenters. The van der Waals surface area contributed by atoms with E-state index in [9.17, 15) is 18.0 Å². The Morgan fingerprint density at radius 3 is 2.27 bits per heavy atom.